The van der Waals surface area contributed by atoms with Gasteiger partial charge in [0.05, 0.1) is 11.9 Å². The van der Waals surface area contributed by atoms with E-state index in [4.69, 9.17) is 0 Å². The van der Waals surface area contributed by atoms with Crippen LogP contribution in [0.15, 0.2) is 0 Å². The fourth-order valence-electron chi connectivity index (χ4n) is 1.71. The Morgan fingerprint density at radius 3 is 2.31 bits per heavy atom. The highest BCUT2D eigenvalue weighted by molar-refractivity contribution is 7.89. The van der Waals surface area contributed by atoms with Crippen LogP contribution >= 0.6 is 0 Å². The fourth-order valence-corrected chi connectivity index (χ4v) is 2.83. The molecule has 0 atom stereocenters. The van der Waals surface area contributed by atoms with Gasteiger partial charge in [-0.15, -0.1) is 0 Å². The van der Waals surface area contributed by atoms with Gasteiger partial charge in [0, 0.05) is 0 Å². The summed E-state index contributed by atoms with van der Waals surface area (Å²) in [5, 5.41) is 9.22. The molecule has 0 aromatic heterocycles. The second kappa shape index (κ2) is 4.39. The van der Waals surface area contributed by atoms with Crippen molar-refractivity contribution in [3.05, 3.63) is 0 Å². The molecule has 4 nitrogen and oxygen atoms in total. The maximum Gasteiger partial charge on any atom is 0.211 e. The second-order valence-electron chi connectivity index (χ2n) is 3.66. The maximum atomic E-state index is 11.2. The highest BCUT2D eigenvalue weighted by atomic mass is 32.2. The molecule has 5 heteroatoms. The average molecular weight is 207 g/mol. The van der Waals surface area contributed by atoms with E-state index in [1.165, 1.54) is 7.05 Å². The van der Waals surface area contributed by atoms with Crippen molar-refractivity contribution in [3.63, 3.8) is 0 Å². The van der Waals surface area contributed by atoms with Gasteiger partial charge in [-0.1, -0.05) is 0 Å². The van der Waals surface area contributed by atoms with Gasteiger partial charge in [0.15, 0.2) is 0 Å². The predicted molar refractivity (Wildman–Crippen MR) is 50.8 cm³/mol. The van der Waals surface area contributed by atoms with Crippen molar-refractivity contribution in [2.45, 2.75) is 31.8 Å². The SMILES string of the molecule is CNS(=O)(=O)CC1CCC(O)CC1. The van der Waals surface area contributed by atoms with Crippen LogP contribution in [0, 0.1) is 5.92 Å². The Hall–Kier alpha value is -0.130. The third-order valence-corrected chi connectivity index (χ3v) is 4.11. The summed E-state index contributed by atoms with van der Waals surface area (Å²) < 4.78 is 24.7. The van der Waals surface area contributed by atoms with Crippen LogP contribution in [0.2, 0.25) is 0 Å². The lowest BCUT2D eigenvalue weighted by atomic mass is 9.89. The highest BCUT2D eigenvalue weighted by Gasteiger charge is 2.23. The monoisotopic (exact) mass is 207 g/mol. The molecule has 1 aliphatic rings. The molecule has 0 bridgehead atoms. The number of aliphatic hydroxyl groups is 1. The van der Waals surface area contributed by atoms with E-state index in [1.807, 2.05) is 0 Å². The maximum absolute atomic E-state index is 11.2. The summed E-state index contributed by atoms with van der Waals surface area (Å²) in [6, 6.07) is 0. The van der Waals surface area contributed by atoms with Gasteiger partial charge in [-0.05, 0) is 38.6 Å². The Morgan fingerprint density at radius 2 is 1.85 bits per heavy atom. The van der Waals surface area contributed by atoms with Crippen molar-refractivity contribution in [1.82, 2.24) is 4.72 Å². The molecular weight excluding hydrogens is 190 g/mol. The lowest BCUT2D eigenvalue weighted by Crippen LogP contribution is -2.29. The van der Waals surface area contributed by atoms with E-state index in [9.17, 15) is 13.5 Å². The zero-order valence-corrected chi connectivity index (χ0v) is 8.68. The number of hydrogen-bond donors (Lipinski definition) is 2. The molecule has 0 saturated heterocycles. The second-order valence-corrected chi connectivity index (χ2v) is 5.63. The minimum atomic E-state index is -3.07. The molecule has 78 valence electrons. The van der Waals surface area contributed by atoms with Crippen LogP contribution in [-0.4, -0.2) is 32.4 Å². The first-order valence-corrected chi connectivity index (χ1v) is 6.28. The van der Waals surface area contributed by atoms with E-state index in [0.29, 0.717) is 0 Å². The summed E-state index contributed by atoms with van der Waals surface area (Å²) in [7, 11) is -1.63. The summed E-state index contributed by atoms with van der Waals surface area (Å²) >= 11 is 0. The molecule has 0 aromatic carbocycles. The number of aliphatic hydroxyl groups excluding tert-OH is 1. The lowest BCUT2D eigenvalue weighted by Gasteiger charge is -2.24. The number of rotatable bonds is 3. The summed E-state index contributed by atoms with van der Waals surface area (Å²) in [6.07, 6.45) is 2.91. The zero-order chi connectivity index (χ0) is 9.90. The van der Waals surface area contributed by atoms with Crippen LogP contribution in [0.3, 0.4) is 0 Å². The molecule has 1 rings (SSSR count). The Balaban J connectivity index is 2.39. The van der Waals surface area contributed by atoms with Gasteiger partial charge >= 0.3 is 0 Å². The van der Waals surface area contributed by atoms with Gasteiger partial charge in [0.2, 0.25) is 10.0 Å². The van der Waals surface area contributed by atoms with Crippen molar-refractivity contribution in [1.29, 1.82) is 0 Å². The van der Waals surface area contributed by atoms with Gasteiger partial charge < -0.3 is 5.11 Å². The third kappa shape index (κ3) is 3.62. The van der Waals surface area contributed by atoms with Crippen LogP contribution in [0.25, 0.3) is 0 Å². The van der Waals surface area contributed by atoms with Gasteiger partial charge in [-0.2, -0.15) is 0 Å². The van der Waals surface area contributed by atoms with E-state index in [1.54, 1.807) is 0 Å². The number of sulfonamides is 1. The topological polar surface area (TPSA) is 66.4 Å². The van der Waals surface area contributed by atoms with Gasteiger partial charge in [0.1, 0.15) is 0 Å². The molecule has 1 aliphatic carbocycles. The average Bonchev–Trinajstić information content (AvgIpc) is 2.09. The molecule has 1 fully saturated rings. The van der Waals surface area contributed by atoms with Crippen molar-refractivity contribution in [2.24, 2.45) is 5.92 Å². The van der Waals surface area contributed by atoms with E-state index in [0.717, 1.165) is 25.7 Å². The predicted octanol–water partition coefficient (Wildman–Crippen LogP) is 0.0867. The minimum Gasteiger partial charge on any atom is -0.393 e. The van der Waals surface area contributed by atoms with Gasteiger partial charge in [-0.3, -0.25) is 0 Å². The molecule has 13 heavy (non-hydrogen) atoms. The quantitative estimate of drug-likeness (QED) is 0.689. The molecule has 0 unspecified atom stereocenters. The minimum absolute atomic E-state index is 0.205. The number of hydrogen-bond acceptors (Lipinski definition) is 3. The van der Waals surface area contributed by atoms with Crippen molar-refractivity contribution in [2.75, 3.05) is 12.8 Å². The molecule has 0 heterocycles. The number of nitrogens with one attached hydrogen (secondary N) is 1. The Bertz CT molecular complexity index is 242. The molecule has 1 saturated carbocycles. The summed E-state index contributed by atoms with van der Waals surface area (Å²) in [6.45, 7) is 0. The molecular formula is C8H17NO3S. The van der Waals surface area contributed by atoms with Crippen LogP contribution in [0.5, 0.6) is 0 Å². The molecule has 0 amide bonds. The van der Waals surface area contributed by atoms with Gasteiger partial charge in [0.25, 0.3) is 0 Å². The smallest absolute Gasteiger partial charge is 0.211 e. The van der Waals surface area contributed by atoms with Crippen LogP contribution < -0.4 is 4.72 Å². The van der Waals surface area contributed by atoms with Crippen molar-refractivity contribution >= 4 is 10.0 Å². The standard InChI is InChI=1S/C8H17NO3S/c1-9-13(11,12)6-7-2-4-8(10)5-3-7/h7-10H,2-6H2,1H3. The third-order valence-electron chi connectivity index (χ3n) is 2.58. The van der Waals surface area contributed by atoms with Crippen molar-refractivity contribution < 1.29 is 13.5 Å². The van der Waals surface area contributed by atoms with Crippen LogP contribution in [0.1, 0.15) is 25.7 Å². The van der Waals surface area contributed by atoms with Crippen LogP contribution in [-0.2, 0) is 10.0 Å². The lowest BCUT2D eigenvalue weighted by molar-refractivity contribution is 0.113. The van der Waals surface area contributed by atoms with E-state index in [2.05, 4.69) is 4.72 Å². The first kappa shape index (κ1) is 10.9. The first-order valence-electron chi connectivity index (χ1n) is 4.63. The Morgan fingerprint density at radius 1 is 1.31 bits per heavy atom. The normalized spacial score (nSPS) is 30.3. The molecule has 0 aliphatic heterocycles. The Labute approximate surface area is 79.4 Å². The van der Waals surface area contributed by atoms with E-state index >= 15 is 0 Å². The van der Waals surface area contributed by atoms with E-state index < -0.39 is 10.0 Å². The molecule has 0 radical (unpaired) electrons. The van der Waals surface area contributed by atoms with Gasteiger partial charge in [-0.25, -0.2) is 13.1 Å². The summed E-state index contributed by atoms with van der Waals surface area (Å²) in [4.78, 5) is 0. The summed E-state index contributed by atoms with van der Waals surface area (Å²) in [5.41, 5.74) is 0. The largest absolute Gasteiger partial charge is 0.393 e. The molecule has 0 aromatic rings. The van der Waals surface area contributed by atoms with Crippen LogP contribution in [0.4, 0.5) is 0 Å². The van der Waals surface area contributed by atoms with E-state index in [-0.39, 0.29) is 17.8 Å². The fraction of sp³-hybridized carbons (Fsp3) is 1.00. The highest BCUT2D eigenvalue weighted by Crippen LogP contribution is 2.24. The Kier molecular flexibility index (Phi) is 3.70. The van der Waals surface area contributed by atoms with Crippen molar-refractivity contribution in [3.8, 4) is 0 Å². The molecule has 0 spiro atoms. The first-order chi connectivity index (χ1) is 6.03. The summed E-state index contributed by atoms with van der Waals surface area (Å²) in [5.74, 6) is 0.428. The molecule has 2 N–H and O–H groups in total. The zero-order valence-electron chi connectivity index (χ0n) is 7.86.